The Morgan fingerprint density at radius 2 is 2.07 bits per heavy atom. The van der Waals surface area contributed by atoms with E-state index in [0.29, 0.717) is 0 Å². The number of fused-ring (bicyclic) bond motifs is 1. The van der Waals surface area contributed by atoms with Crippen LogP contribution in [0.3, 0.4) is 0 Å². The number of benzene rings is 1. The molecule has 1 heterocycles. The fourth-order valence-electron chi connectivity index (χ4n) is 1.65. The summed E-state index contributed by atoms with van der Waals surface area (Å²) >= 11 is 3.54. The fourth-order valence-corrected chi connectivity index (χ4v) is 2.12. The van der Waals surface area contributed by atoms with E-state index in [1.807, 2.05) is 12.1 Å². The molecule has 0 saturated heterocycles. The van der Waals surface area contributed by atoms with Crippen LogP contribution >= 0.6 is 15.9 Å². The molecule has 1 aromatic carbocycles. The van der Waals surface area contributed by atoms with Crippen LogP contribution < -0.4 is 0 Å². The normalized spacial score (nSPS) is 10.8. The zero-order chi connectivity index (χ0) is 10.7. The Bertz CT molecular complexity index is 465. The maximum absolute atomic E-state index is 4.67. The molecule has 0 fully saturated rings. The minimum atomic E-state index is 1.08. The Morgan fingerprint density at radius 1 is 1.20 bits per heavy atom. The smallest absolute Gasteiger partial charge is 0.0847 e. The Hall–Kier alpha value is -0.890. The Morgan fingerprint density at radius 3 is 2.87 bits per heavy atom. The van der Waals surface area contributed by atoms with E-state index in [1.165, 1.54) is 23.9 Å². The minimum absolute atomic E-state index is 1.08. The first kappa shape index (κ1) is 10.6. The third kappa shape index (κ3) is 2.37. The van der Waals surface area contributed by atoms with Crippen LogP contribution in [0.5, 0.6) is 0 Å². The van der Waals surface area contributed by atoms with Crippen molar-refractivity contribution in [3.63, 3.8) is 0 Å². The van der Waals surface area contributed by atoms with Gasteiger partial charge in [0.25, 0.3) is 0 Å². The molecule has 0 spiro atoms. The summed E-state index contributed by atoms with van der Waals surface area (Å²) in [7, 11) is 0. The average molecular weight is 264 g/mol. The number of para-hydroxylation sites is 1. The number of unbranched alkanes of at least 4 members (excludes halogenated alkanes) is 1. The standard InChI is InChI=1S/C13H14BrN/c1-2-3-6-11-9-8-10-5-4-7-12(14)13(10)15-11/h4-5,7-9H,2-3,6H2,1H3. The summed E-state index contributed by atoms with van der Waals surface area (Å²) in [5.74, 6) is 0. The number of nitrogens with zero attached hydrogens (tertiary/aromatic N) is 1. The van der Waals surface area contributed by atoms with Crippen LogP contribution in [0.1, 0.15) is 25.5 Å². The first-order valence-electron chi connectivity index (χ1n) is 5.35. The topological polar surface area (TPSA) is 12.9 Å². The third-order valence-electron chi connectivity index (χ3n) is 2.52. The molecular weight excluding hydrogens is 250 g/mol. The van der Waals surface area contributed by atoms with Crippen LogP contribution in [0.15, 0.2) is 34.8 Å². The first-order chi connectivity index (χ1) is 7.31. The van der Waals surface area contributed by atoms with E-state index >= 15 is 0 Å². The Labute approximate surface area is 98.7 Å². The molecule has 78 valence electrons. The van der Waals surface area contributed by atoms with Crippen molar-refractivity contribution >= 4 is 26.8 Å². The van der Waals surface area contributed by atoms with Gasteiger partial charge in [-0.25, -0.2) is 0 Å². The van der Waals surface area contributed by atoms with Crippen LogP contribution in [0.4, 0.5) is 0 Å². The second-order valence-corrected chi connectivity index (χ2v) is 4.57. The van der Waals surface area contributed by atoms with Gasteiger partial charge in [0.2, 0.25) is 0 Å². The van der Waals surface area contributed by atoms with Crippen molar-refractivity contribution in [3.05, 3.63) is 40.5 Å². The summed E-state index contributed by atoms with van der Waals surface area (Å²) in [6.07, 6.45) is 3.51. The van der Waals surface area contributed by atoms with Gasteiger partial charge in [-0.2, -0.15) is 0 Å². The summed E-state index contributed by atoms with van der Waals surface area (Å²) in [6.45, 7) is 2.21. The van der Waals surface area contributed by atoms with E-state index in [4.69, 9.17) is 0 Å². The van der Waals surface area contributed by atoms with E-state index in [9.17, 15) is 0 Å². The van der Waals surface area contributed by atoms with E-state index in [0.717, 1.165) is 16.4 Å². The highest BCUT2D eigenvalue weighted by molar-refractivity contribution is 9.10. The molecule has 0 atom stereocenters. The highest BCUT2D eigenvalue weighted by Gasteiger charge is 2.01. The predicted octanol–water partition coefficient (Wildman–Crippen LogP) is 4.34. The van der Waals surface area contributed by atoms with Gasteiger partial charge < -0.3 is 0 Å². The molecule has 0 radical (unpaired) electrons. The number of aryl methyl sites for hydroxylation is 1. The van der Waals surface area contributed by atoms with Crippen LogP contribution in [0, 0.1) is 0 Å². The van der Waals surface area contributed by atoms with Crippen molar-refractivity contribution in [1.82, 2.24) is 4.98 Å². The lowest BCUT2D eigenvalue weighted by Gasteiger charge is -2.03. The van der Waals surface area contributed by atoms with Crippen molar-refractivity contribution in [3.8, 4) is 0 Å². The van der Waals surface area contributed by atoms with Crippen molar-refractivity contribution in [2.75, 3.05) is 0 Å². The molecule has 0 N–H and O–H groups in total. The van der Waals surface area contributed by atoms with E-state index in [1.54, 1.807) is 0 Å². The molecule has 1 aromatic heterocycles. The van der Waals surface area contributed by atoms with Gasteiger partial charge in [0.05, 0.1) is 5.52 Å². The molecule has 1 nitrogen and oxygen atoms in total. The monoisotopic (exact) mass is 263 g/mol. The molecule has 0 aliphatic heterocycles. The van der Waals surface area contributed by atoms with Crippen LogP contribution in [-0.4, -0.2) is 4.98 Å². The SMILES string of the molecule is CCCCc1ccc2cccc(Br)c2n1. The zero-order valence-corrected chi connectivity index (χ0v) is 10.4. The summed E-state index contributed by atoms with van der Waals surface area (Å²) in [4.78, 5) is 4.67. The Balaban J connectivity index is 2.41. The van der Waals surface area contributed by atoms with Crippen LogP contribution in [0.2, 0.25) is 0 Å². The van der Waals surface area contributed by atoms with Gasteiger partial charge in [-0.3, -0.25) is 4.98 Å². The molecule has 0 unspecified atom stereocenters. The molecule has 0 saturated carbocycles. The first-order valence-corrected chi connectivity index (χ1v) is 6.14. The molecule has 0 aliphatic carbocycles. The maximum Gasteiger partial charge on any atom is 0.0847 e. The summed E-state index contributed by atoms with van der Waals surface area (Å²) in [6, 6.07) is 10.5. The van der Waals surface area contributed by atoms with Crippen molar-refractivity contribution in [2.24, 2.45) is 0 Å². The van der Waals surface area contributed by atoms with Gasteiger partial charge in [0.1, 0.15) is 0 Å². The Kier molecular flexibility index (Phi) is 3.37. The lowest BCUT2D eigenvalue weighted by Crippen LogP contribution is -1.90. The third-order valence-corrected chi connectivity index (χ3v) is 3.16. The summed E-state index contributed by atoms with van der Waals surface area (Å²) < 4.78 is 1.08. The number of hydrogen-bond donors (Lipinski definition) is 0. The second-order valence-electron chi connectivity index (χ2n) is 3.72. The summed E-state index contributed by atoms with van der Waals surface area (Å²) in [5, 5.41) is 1.20. The van der Waals surface area contributed by atoms with Gasteiger partial charge in [-0.05, 0) is 40.9 Å². The lowest BCUT2D eigenvalue weighted by atomic mass is 10.1. The molecule has 0 aliphatic rings. The number of halogens is 1. The van der Waals surface area contributed by atoms with Crippen molar-refractivity contribution in [1.29, 1.82) is 0 Å². The molecule has 2 heteroatoms. The van der Waals surface area contributed by atoms with Gasteiger partial charge in [-0.1, -0.05) is 31.5 Å². The maximum atomic E-state index is 4.67. The number of pyridine rings is 1. The molecule has 2 rings (SSSR count). The largest absolute Gasteiger partial charge is 0.252 e. The van der Waals surface area contributed by atoms with Gasteiger partial charge in [-0.15, -0.1) is 0 Å². The van der Waals surface area contributed by atoms with Crippen molar-refractivity contribution < 1.29 is 0 Å². The van der Waals surface area contributed by atoms with Crippen LogP contribution in [0.25, 0.3) is 10.9 Å². The molecule has 15 heavy (non-hydrogen) atoms. The lowest BCUT2D eigenvalue weighted by molar-refractivity contribution is 0.780. The van der Waals surface area contributed by atoms with E-state index < -0.39 is 0 Å². The van der Waals surface area contributed by atoms with E-state index in [2.05, 4.69) is 46.0 Å². The van der Waals surface area contributed by atoms with Gasteiger partial charge in [0, 0.05) is 15.6 Å². The van der Waals surface area contributed by atoms with Gasteiger partial charge >= 0.3 is 0 Å². The highest BCUT2D eigenvalue weighted by Crippen LogP contribution is 2.22. The highest BCUT2D eigenvalue weighted by atomic mass is 79.9. The quantitative estimate of drug-likeness (QED) is 0.803. The molecule has 0 bridgehead atoms. The van der Waals surface area contributed by atoms with Crippen LogP contribution in [-0.2, 0) is 6.42 Å². The minimum Gasteiger partial charge on any atom is -0.252 e. The van der Waals surface area contributed by atoms with Crippen molar-refractivity contribution in [2.45, 2.75) is 26.2 Å². The number of hydrogen-bond acceptors (Lipinski definition) is 1. The van der Waals surface area contributed by atoms with Gasteiger partial charge in [0.15, 0.2) is 0 Å². The molecule has 0 amide bonds. The molecular formula is C13H14BrN. The number of aromatic nitrogens is 1. The second kappa shape index (κ2) is 4.75. The fraction of sp³-hybridized carbons (Fsp3) is 0.308. The average Bonchev–Trinajstić information content (AvgIpc) is 2.27. The summed E-state index contributed by atoms with van der Waals surface area (Å²) in [5.41, 5.74) is 2.27. The number of rotatable bonds is 3. The zero-order valence-electron chi connectivity index (χ0n) is 8.83. The van der Waals surface area contributed by atoms with E-state index in [-0.39, 0.29) is 0 Å². The molecule has 2 aromatic rings. The predicted molar refractivity (Wildman–Crippen MR) is 68.1 cm³/mol.